The summed E-state index contributed by atoms with van der Waals surface area (Å²) in [4.78, 5) is 17.7. The highest BCUT2D eigenvalue weighted by atomic mass is 35.5. The van der Waals surface area contributed by atoms with Gasteiger partial charge in [-0.1, -0.05) is 43.1 Å². The molecule has 2 N–H and O–H groups in total. The molecule has 0 bridgehead atoms. The normalized spacial score (nSPS) is 12.9. The van der Waals surface area contributed by atoms with Crippen LogP contribution < -0.4 is 5.32 Å². The van der Waals surface area contributed by atoms with Crippen molar-refractivity contribution in [2.75, 3.05) is 34.3 Å². The van der Waals surface area contributed by atoms with E-state index in [9.17, 15) is 4.79 Å². The second kappa shape index (κ2) is 9.50. The van der Waals surface area contributed by atoms with Crippen LogP contribution in [0.25, 0.3) is 17.0 Å². The lowest BCUT2D eigenvalue weighted by atomic mass is 9.93. The number of halogens is 2. The van der Waals surface area contributed by atoms with Crippen molar-refractivity contribution in [3.8, 4) is 0 Å². The summed E-state index contributed by atoms with van der Waals surface area (Å²) in [6.45, 7) is 5.64. The minimum Gasteiger partial charge on any atom is -0.491 e. The molecule has 2 rings (SSSR count). The highest BCUT2D eigenvalue weighted by Gasteiger charge is 2.21. The molecule has 2 aromatic rings. The first-order valence-corrected chi connectivity index (χ1v) is 9.70. The van der Waals surface area contributed by atoms with Crippen molar-refractivity contribution in [1.82, 2.24) is 15.2 Å². The number of ether oxygens (including phenoxy) is 1. The lowest BCUT2D eigenvalue weighted by Crippen LogP contribution is -2.40. The summed E-state index contributed by atoms with van der Waals surface area (Å²) >= 11 is 12.1. The summed E-state index contributed by atoms with van der Waals surface area (Å²) in [6.07, 6.45) is 5.25. The molecule has 0 saturated heterocycles. The molecule has 0 spiro atoms. The molecular weight excluding hydrogens is 397 g/mol. The van der Waals surface area contributed by atoms with Crippen LogP contribution in [0.3, 0.4) is 0 Å². The standard InChI is InChI=1S/C21H27Cl2N3O2/c1-21(2,13-26(3)4)12-24-20(27)19(28-5)8-6-7-15-9-14-10-16(22)17(23)11-18(14)25-15/h6-11,25H,12-13H2,1-5H3,(H,24,27)/b7-6+,19-8-. The Kier molecular flexibility index (Phi) is 7.58. The molecule has 28 heavy (non-hydrogen) atoms. The Morgan fingerprint density at radius 1 is 1.25 bits per heavy atom. The van der Waals surface area contributed by atoms with E-state index in [4.69, 9.17) is 27.9 Å². The number of aromatic amines is 1. The zero-order valence-corrected chi connectivity index (χ0v) is 18.4. The number of carbonyl (C=O) groups is 1. The first-order chi connectivity index (χ1) is 13.1. The molecule has 1 heterocycles. The van der Waals surface area contributed by atoms with E-state index in [0.717, 1.165) is 23.1 Å². The maximum absolute atomic E-state index is 12.4. The van der Waals surface area contributed by atoms with Gasteiger partial charge in [0.1, 0.15) is 0 Å². The first-order valence-electron chi connectivity index (χ1n) is 8.94. The van der Waals surface area contributed by atoms with E-state index in [1.807, 2.05) is 32.3 Å². The summed E-state index contributed by atoms with van der Waals surface area (Å²) in [6, 6.07) is 5.56. The van der Waals surface area contributed by atoms with Gasteiger partial charge in [0.25, 0.3) is 5.91 Å². The van der Waals surface area contributed by atoms with Crippen LogP contribution in [0.15, 0.2) is 36.1 Å². The van der Waals surface area contributed by atoms with Gasteiger partial charge in [-0.2, -0.15) is 0 Å². The molecule has 0 aliphatic carbocycles. The lowest BCUT2D eigenvalue weighted by molar-refractivity contribution is -0.120. The van der Waals surface area contributed by atoms with Crippen molar-refractivity contribution in [2.24, 2.45) is 5.41 Å². The van der Waals surface area contributed by atoms with Gasteiger partial charge in [0.05, 0.1) is 17.2 Å². The number of aromatic nitrogens is 1. The maximum atomic E-state index is 12.4. The molecule has 152 valence electrons. The van der Waals surface area contributed by atoms with E-state index in [1.165, 1.54) is 7.11 Å². The van der Waals surface area contributed by atoms with Gasteiger partial charge in [0, 0.05) is 29.7 Å². The zero-order chi connectivity index (χ0) is 20.9. The van der Waals surface area contributed by atoms with Crippen LogP contribution in [0, 0.1) is 5.41 Å². The number of carbonyl (C=O) groups excluding carboxylic acids is 1. The number of methoxy groups -OCH3 is 1. The van der Waals surface area contributed by atoms with Crippen LogP contribution >= 0.6 is 23.2 Å². The fraction of sp³-hybridized carbons (Fsp3) is 0.381. The van der Waals surface area contributed by atoms with Gasteiger partial charge in [-0.3, -0.25) is 4.79 Å². The molecule has 7 heteroatoms. The Morgan fingerprint density at radius 3 is 2.57 bits per heavy atom. The minimum absolute atomic E-state index is 0.0409. The summed E-state index contributed by atoms with van der Waals surface area (Å²) in [7, 11) is 5.51. The van der Waals surface area contributed by atoms with Crippen LogP contribution in [0.4, 0.5) is 0 Å². The van der Waals surface area contributed by atoms with Crippen LogP contribution in [0.2, 0.25) is 10.0 Å². The van der Waals surface area contributed by atoms with Crippen molar-refractivity contribution in [1.29, 1.82) is 0 Å². The number of allylic oxidation sites excluding steroid dienone is 2. The van der Waals surface area contributed by atoms with Gasteiger partial charge < -0.3 is 19.9 Å². The van der Waals surface area contributed by atoms with Crippen molar-refractivity contribution in [3.63, 3.8) is 0 Å². The Morgan fingerprint density at radius 2 is 1.93 bits per heavy atom. The third-order valence-corrected chi connectivity index (χ3v) is 4.84. The Labute approximate surface area is 176 Å². The fourth-order valence-electron chi connectivity index (χ4n) is 3.03. The predicted octanol–water partition coefficient (Wildman–Crippen LogP) is 4.72. The minimum atomic E-state index is -0.241. The van der Waals surface area contributed by atoms with E-state index >= 15 is 0 Å². The van der Waals surface area contributed by atoms with Crippen molar-refractivity contribution >= 4 is 46.1 Å². The average molecular weight is 424 g/mol. The number of amides is 1. The van der Waals surface area contributed by atoms with Crippen LogP contribution in [-0.4, -0.2) is 50.1 Å². The second-order valence-electron chi connectivity index (χ2n) is 7.76. The summed E-state index contributed by atoms with van der Waals surface area (Å²) in [5.41, 5.74) is 1.72. The average Bonchev–Trinajstić information content (AvgIpc) is 2.97. The zero-order valence-electron chi connectivity index (χ0n) is 16.9. The van der Waals surface area contributed by atoms with Crippen LogP contribution in [0.1, 0.15) is 19.5 Å². The van der Waals surface area contributed by atoms with Crippen LogP contribution in [0.5, 0.6) is 0 Å². The molecule has 0 atom stereocenters. The molecule has 0 radical (unpaired) electrons. The van der Waals surface area contributed by atoms with Gasteiger partial charge in [-0.05, 0) is 49.9 Å². The Bertz CT molecular complexity index is 859. The number of nitrogens with one attached hydrogen (secondary N) is 2. The molecule has 0 unspecified atom stereocenters. The predicted molar refractivity (Wildman–Crippen MR) is 118 cm³/mol. The third-order valence-electron chi connectivity index (χ3n) is 4.12. The van der Waals surface area contributed by atoms with Gasteiger partial charge in [0.15, 0.2) is 5.76 Å². The number of rotatable bonds is 8. The van der Waals surface area contributed by atoms with E-state index in [0.29, 0.717) is 16.6 Å². The highest BCUT2D eigenvalue weighted by molar-refractivity contribution is 6.42. The smallest absolute Gasteiger partial charge is 0.286 e. The van der Waals surface area contributed by atoms with Gasteiger partial charge in [-0.15, -0.1) is 0 Å². The third kappa shape index (κ3) is 6.30. The molecule has 0 aliphatic rings. The van der Waals surface area contributed by atoms with Crippen molar-refractivity contribution in [3.05, 3.63) is 51.8 Å². The fourth-order valence-corrected chi connectivity index (χ4v) is 3.37. The molecular formula is C21H27Cl2N3O2. The number of nitrogens with zero attached hydrogens (tertiary/aromatic N) is 1. The van der Waals surface area contributed by atoms with E-state index in [-0.39, 0.29) is 17.1 Å². The van der Waals surface area contributed by atoms with Crippen molar-refractivity contribution < 1.29 is 9.53 Å². The Hall–Kier alpha value is -1.95. The number of fused-ring (bicyclic) bond motifs is 1. The second-order valence-corrected chi connectivity index (χ2v) is 8.57. The molecule has 0 saturated carbocycles. The number of hydrogen-bond donors (Lipinski definition) is 2. The quantitative estimate of drug-likeness (QED) is 0.366. The molecule has 1 aromatic carbocycles. The molecule has 0 fully saturated rings. The molecule has 0 aliphatic heterocycles. The van der Waals surface area contributed by atoms with Crippen LogP contribution in [-0.2, 0) is 9.53 Å². The van der Waals surface area contributed by atoms with Gasteiger partial charge in [-0.25, -0.2) is 0 Å². The van der Waals surface area contributed by atoms with E-state index in [2.05, 4.69) is 29.0 Å². The Balaban J connectivity index is 2.04. The topological polar surface area (TPSA) is 57.4 Å². The SMILES string of the molecule is CO/C(=C\C=C\c1cc2cc(Cl)c(Cl)cc2[nH]1)C(=O)NCC(C)(C)CN(C)C. The maximum Gasteiger partial charge on any atom is 0.286 e. The summed E-state index contributed by atoms with van der Waals surface area (Å²) in [5, 5.41) is 4.91. The van der Waals surface area contributed by atoms with Gasteiger partial charge >= 0.3 is 0 Å². The summed E-state index contributed by atoms with van der Waals surface area (Å²) in [5.74, 6) is 0.00768. The monoisotopic (exact) mass is 423 g/mol. The summed E-state index contributed by atoms with van der Waals surface area (Å²) < 4.78 is 5.23. The van der Waals surface area contributed by atoms with Gasteiger partial charge in [0.2, 0.25) is 0 Å². The number of hydrogen-bond acceptors (Lipinski definition) is 3. The number of H-pyrrole nitrogens is 1. The van der Waals surface area contributed by atoms with E-state index < -0.39 is 0 Å². The lowest BCUT2D eigenvalue weighted by Gasteiger charge is -2.28. The van der Waals surface area contributed by atoms with E-state index in [1.54, 1.807) is 18.2 Å². The van der Waals surface area contributed by atoms with Crippen molar-refractivity contribution in [2.45, 2.75) is 13.8 Å². The molecule has 5 nitrogen and oxygen atoms in total. The number of benzene rings is 1. The highest BCUT2D eigenvalue weighted by Crippen LogP contribution is 2.28. The largest absolute Gasteiger partial charge is 0.491 e. The molecule has 1 amide bonds. The molecule has 1 aromatic heterocycles. The first kappa shape index (κ1) is 22.3.